The van der Waals surface area contributed by atoms with E-state index in [9.17, 15) is 9.59 Å². The number of carboxylic acid groups (broad SMARTS) is 1. The van der Waals surface area contributed by atoms with E-state index >= 15 is 0 Å². The molecular formula is C19H21NO5. The third kappa shape index (κ3) is 5.06. The van der Waals surface area contributed by atoms with Crippen molar-refractivity contribution in [3.8, 4) is 5.75 Å². The number of rotatable bonds is 7. The molecule has 1 amide bonds. The van der Waals surface area contributed by atoms with Gasteiger partial charge < -0.3 is 19.9 Å². The van der Waals surface area contributed by atoms with Crippen molar-refractivity contribution in [2.45, 2.75) is 26.6 Å². The molecule has 1 unspecified atom stereocenters. The third-order valence-corrected chi connectivity index (χ3v) is 3.74. The molecule has 0 spiro atoms. The molecule has 6 nitrogen and oxygen atoms in total. The fourth-order valence-corrected chi connectivity index (χ4v) is 2.23. The van der Waals surface area contributed by atoms with Gasteiger partial charge in [-0.1, -0.05) is 18.2 Å². The minimum atomic E-state index is -1.03. The molecule has 0 aromatic heterocycles. The summed E-state index contributed by atoms with van der Waals surface area (Å²) in [5, 5.41) is 11.8. The molecule has 0 saturated carbocycles. The first kappa shape index (κ1) is 18.5. The van der Waals surface area contributed by atoms with Gasteiger partial charge in [0.2, 0.25) is 0 Å². The number of amides is 1. The first-order valence-corrected chi connectivity index (χ1v) is 7.80. The molecule has 2 aromatic carbocycles. The number of aryl methyl sites for hydroxylation is 1. The van der Waals surface area contributed by atoms with E-state index < -0.39 is 12.1 Å². The van der Waals surface area contributed by atoms with Crippen molar-refractivity contribution >= 4 is 17.6 Å². The van der Waals surface area contributed by atoms with E-state index in [1.54, 1.807) is 33.1 Å². The first-order chi connectivity index (χ1) is 11.9. The van der Waals surface area contributed by atoms with Crippen LogP contribution in [0, 0.1) is 6.92 Å². The van der Waals surface area contributed by atoms with Crippen LogP contribution < -0.4 is 10.1 Å². The molecule has 2 aromatic rings. The number of anilines is 1. The highest BCUT2D eigenvalue weighted by Gasteiger charge is 2.15. The van der Waals surface area contributed by atoms with Crippen molar-refractivity contribution in [2.75, 3.05) is 12.4 Å². The summed E-state index contributed by atoms with van der Waals surface area (Å²) in [5.41, 5.74) is 2.10. The maximum atomic E-state index is 12.2. The highest BCUT2D eigenvalue weighted by molar-refractivity contribution is 5.96. The number of benzene rings is 2. The Morgan fingerprint density at radius 2 is 1.96 bits per heavy atom. The van der Waals surface area contributed by atoms with Gasteiger partial charge in [0.1, 0.15) is 11.9 Å². The van der Waals surface area contributed by atoms with Crippen LogP contribution in [-0.4, -0.2) is 30.2 Å². The van der Waals surface area contributed by atoms with Crippen molar-refractivity contribution in [2.24, 2.45) is 0 Å². The standard InChI is InChI=1S/C19H21NO5/c1-12-7-8-15(10-17(12)19(22)23)20-18(21)13(2)25-11-14-5-4-6-16(9-14)24-3/h4-10,13H,11H2,1-3H3,(H,20,21)(H,22,23). The SMILES string of the molecule is COc1cccc(COC(C)C(=O)Nc2ccc(C)c(C(=O)O)c2)c1. The molecule has 0 fully saturated rings. The summed E-state index contributed by atoms with van der Waals surface area (Å²) in [6.07, 6.45) is -0.694. The molecule has 6 heteroatoms. The summed E-state index contributed by atoms with van der Waals surface area (Å²) in [6, 6.07) is 12.1. The van der Waals surface area contributed by atoms with Crippen LogP contribution in [0.1, 0.15) is 28.4 Å². The van der Waals surface area contributed by atoms with Gasteiger partial charge in [-0.05, 0) is 49.2 Å². The number of hydrogen-bond donors (Lipinski definition) is 2. The molecule has 0 aliphatic rings. The zero-order valence-electron chi connectivity index (χ0n) is 14.4. The largest absolute Gasteiger partial charge is 0.497 e. The lowest BCUT2D eigenvalue weighted by Gasteiger charge is -2.14. The van der Waals surface area contributed by atoms with Crippen molar-refractivity contribution < 1.29 is 24.2 Å². The van der Waals surface area contributed by atoms with Crippen LogP contribution in [0.3, 0.4) is 0 Å². The molecule has 0 bridgehead atoms. The Bertz CT molecular complexity index is 772. The Labute approximate surface area is 146 Å². The number of hydrogen-bond acceptors (Lipinski definition) is 4. The van der Waals surface area contributed by atoms with Crippen LogP contribution in [0.15, 0.2) is 42.5 Å². The highest BCUT2D eigenvalue weighted by atomic mass is 16.5. The second kappa shape index (κ2) is 8.30. The van der Waals surface area contributed by atoms with Crippen molar-refractivity contribution in [3.05, 3.63) is 59.2 Å². The Morgan fingerprint density at radius 1 is 1.20 bits per heavy atom. The summed E-state index contributed by atoms with van der Waals surface area (Å²) in [5.74, 6) is -0.655. The molecule has 0 radical (unpaired) electrons. The average Bonchev–Trinajstić information content (AvgIpc) is 2.61. The van der Waals surface area contributed by atoms with Crippen molar-refractivity contribution in [1.29, 1.82) is 0 Å². The van der Waals surface area contributed by atoms with Gasteiger partial charge in [0, 0.05) is 5.69 Å². The van der Waals surface area contributed by atoms with Crippen LogP contribution in [0.5, 0.6) is 5.75 Å². The van der Waals surface area contributed by atoms with E-state index in [1.165, 1.54) is 6.07 Å². The van der Waals surface area contributed by atoms with E-state index in [2.05, 4.69) is 5.32 Å². The molecule has 0 aliphatic heterocycles. The highest BCUT2D eigenvalue weighted by Crippen LogP contribution is 2.17. The van der Waals surface area contributed by atoms with Gasteiger partial charge in [-0.25, -0.2) is 4.79 Å². The quantitative estimate of drug-likeness (QED) is 0.806. The lowest BCUT2D eigenvalue weighted by Crippen LogP contribution is -2.27. The monoisotopic (exact) mass is 343 g/mol. The molecule has 132 valence electrons. The lowest BCUT2D eigenvalue weighted by atomic mass is 10.1. The number of methoxy groups -OCH3 is 1. The van der Waals surface area contributed by atoms with Crippen LogP contribution in [-0.2, 0) is 16.1 Å². The second-order valence-electron chi connectivity index (χ2n) is 5.63. The van der Waals surface area contributed by atoms with Gasteiger partial charge in [-0.15, -0.1) is 0 Å². The zero-order chi connectivity index (χ0) is 18.4. The number of carbonyl (C=O) groups excluding carboxylic acids is 1. The van der Waals surface area contributed by atoms with Crippen molar-refractivity contribution in [1.82, 2.24) is 0 Å². The van der Waals surface area contributed by atoms with Crippen LogP contribution >= 0.6 is 0 Å². The van der Waals surface area contributed by atoms with E-state index in [1.807, 2.05) is 24.3 Å². The molecular weight excluding hydrogens is 322 g/mol. The van der Waals surface area contributed by atoms with Crippen molar-refractivity contribution in [3.63, 3.8) is 0 Å². The molecule has 2 rings (SSSR count). The van der Waals surface area contributed by atoms with Gasteiger partial charge in [0.25, 0.3) is 5.91 Å². The Morgan fingerprint density at radius 3 is 2.64 bits per heavy atom. The molecule has 0 saturated heterocycles. The summed E-state index contributed by atoms with van der Waals surface area (Å²) < 4.78 is 10.7. The van der Waals surface area contributed by atoms with Crippen LogP contribution in [0.2, 0.25) is 0 Å². The van der Waals surface area contributed by atoms with Gasteiger partial charge >= 0.3 is 5.97 Å². The number of carbonyl (C=O) groups is 2. The summed E-state index contributed by atoms with van der Waals surface area (Å²) in [6.45, 7) is 3.61. The molecule has 1 atom stereocenters. The molecule has 0 heterocycles. The first-order valence-electron chi connectivity index (χ1n) is 7.80. The van der Waals surface area contributed by atoms with E-state index in [0.29, 0.717) is 11.3 Å². The Balaban J connectivity index is 1.96. The summed E-state index contributed by atoms with van der Waals surface area (Å²) >= 11 is 0. The normalized spacial score (nSPS) is 11.6. The zero-order valence-corrected chi connectivity index (χ0v) is 14.4. The molecule has 25 heavy (non-hydrogen) atoms. The van der Waals surface area contributed by atoms with E-state index in [-0.39, 0.29) is 18.1 Å². The molecule has 0 aliphatic carbocycles. The maximum Gasteiger partial charge on any atom is 0.336 e. The fourth-order valence-electron chi connectivity index (χ4n) is 2.23. The van der Waals surface area contributed by atoms with Crippen LogP contribution in [0.25, 0.3) is 0 Å². The number of carboxylic acids is 1. The van der Waals surface area contributed by atoms with Gasteiger partial charge in [-0.2, -0.15) is 0 Å². The van der Waals surface area contributed by atoms with Gasteiger partial charge in [0.15, 0.2) is 0 Å². The minimum Gasteiger partial charge on any atom is -0.497 e. The van der Waals surface area contributed by atoms with Gasteiger partial charge in [-0.3, -0.25) is 4.79 Å². The predicted molar refractivity (Wildman–Crippen MR) is 94.0 cm³/mol. The lowest BCUT2D eigenvalue weighted by molar-refractivity contribution is -0.127. The average molecular weight is 343 g/mol. The third-order valence-electron chi connectivity index (χ3n) is 3.74. The molecule has 2 N–H and O–H groups in total. The fraction of sp³-hybridized carbons (Fsp3) is 0.263. The van der Waals surface area contributed by atoms with E-state index in [0.717, 1.165) is 11.3 Å². The topological polar surface area (TPSA) is 84.9 Å². The maximum absolute atomic E-state index is 12.2. The van der Waals surface area contributed by atoms with Crippen LogP contribution in [0.4, 0.5) is 5.69 Å². The number of aromatic carboxylic acids is 1. The number of nitrogens with one attached hydrogen (secondary N) is 1. The minimum absolute atomic E-state index is 0.155. The Kier molecular flexibility index (Phi) is 6.14. The van der Waals surface area contributed by atoms with Gasteiger partial charge in [0.05, 0.1) is 19.3 Å². The number of ether oxygens (including phenoxy) is 2. The summed E-state index contributed by atoms with van der Waals surface area (Å²) in [4.78, 5) is 23.4. The van der Waals surface area contributed by atoms with E-state index in [4.69, 9.17) is 14.6 Å². The summed E-state index contributed by atoms with van der Waals surface area (Å²) in [7, 11) is 1.59. The smallest absolute Gasteiger partial charge is 0.336 e. The Hall–Kier alpha value is -2.86. The second-order valence-corrected chi connectivity index (χ2v) is 5.63. The predicted octanol–water partition coefficient (Wildman–Crippen LogP) is 3.25.